The molecule has 2 heterocycles. The lowest BCUT2D eigenvalue weighted by atomic mass is 10.1. The van der Waals surface area contributed by atoms with Crippen LogP contribution in [0.3, 0.4) is 0 Å². The van der Waals surface area contributed by atoms with Crippen molar-refractivity contribution in [2.45, 2.75) is 24.3 Å². The van der Waals surface area contributed by atoms with Gasteiger partial charge in [-0.2, -0.15) is 0 Å². The Morgan fingerprint density at radius 1 is 1.19 bits per heavy atom. The molecule has 10 heteroatoms. The Morgan fingerprint density at radius 3 is 2.37 bits per heavy atom. The summed E-state index contributed by atoms with van der Waals surface area (Å²) in [6.07, 6.45) is 0. The number of pyridine rings is 1. The van der Waals surface area contributed by atoms with E-state index in [0.29, 0.717) is 0 Å². The summed E-state index contributed by atoms with van der Waals surface area (Å²) in [6, 6.07) is 8.48. The Morgan fingerprint density at radius 2 is 1.78 bits per heavy atom. The van der Waals surface area contributed by atoms with Crippen molar-refractivity contribution in [1.29, 1.82) is 0 Å². The molecule has 3 rings (SSSR count). The third-order valence-electron chi connectivity index (χ3n) is 3.92. The molecule has 0 saturated carbocycles. The highest BCUT2D eigenvalue weighted by molar-refractivity contribution is 7.90. The molecule has 0 bridgehead atoms. The monoisotopic (exact) mass is 428 g/mol. The number of carbonyl (C=O) groups is 2. The molecule has 27 heavy (non-hydrogen) atoms. The van der Waals surface area contributed by atoms with Gasteiger partial charge in [-0.3, -0.25) is 4.79 Å². The van der Waals surface area contributed by atoms with Gasteiger partial charge in [-0.05, 0) is 38.1 Å². The summed E-state index contributed by atoms with van der Waals surface area (Å²) in [6.45, 7) is 2.63. The van der Waals surface area contributed by atoms with Crippen molar-refractivity contribution < 1.29 is 22.7 Å². The van der Waals surface area contributed by atoms with Gasteiger partial charge < -0.3 is 4.74 Å². The zero-order chi connectivity index (χ0) is 20.0. The van der Waals surface area contributed by atoms with Crippen molar-refractivity contribution in [1.82, 2.24) is 9.29 Å². The van der Waals surface area contributed by atoms with Gasteiger partial charge in [0.1, 0.15) is 21.8 Å². The molecule has 2 aromatic rings. The minimum Gasteiger partial charge on any atom is -0.460 e. The Labute approximate surface area is 165 Å². The lowest BCUT2D eigenvalue weighted by Crippen LogP contribution is -2.50. The predicted molar refractivity (Wildman–Crippen MR) is 98.4 cm³/mol. The number of nitrogens with zero attached hydrogens (tertiary/aromatic N) is 2. The number of aromatic nitrogens is 1. The van der Waals surface area contributed by atoms with Crippen LogP contribution in [0.2, 0.25) is 10.3 Å². The summed E-state index contributed by atoms with van der Waals surface area (Å²) in [7, 11) is -4.04. The molecule has 1 aromatic carbocycles. The first-order valence-electron chi connectivity index (χ1n) is 7.73. The minimum atomic E-state index is -4.04. The van der Waals surface area contributed by atoms with E-state index in [1.54, 1.807) is 6.07 Å². The Bertz CT molecular complexity index is 1030. The number of esters is 1. The van der Waals surface area contributed by atoms with E-state index < -0.39 is 27.4 Å². The molecule has 142 valence electrons. The van der Waals surface area contributed by atoms with Gasteiger partial charge in [0.05, 0.1) is 16.7 Å². The van der Waals surface area contributed by atoms with Crippen LogP contribution in [-0.4, -0.2) is 41.7 Å². The van der Waals surface area contributed by atoms with Crippen molar-refractivity contribution in [3.05, 3.63) is 57.8 Å². The maximum absolute atomic E-state index is 12.8. The number of sulfonamides is 1. The highest BCUT2D eigenvalue weighted by Crippen LogP contribution is 2.35. The van der Waals surface area contributed by atoms with Crippen LogP contribution in [0.5, 0.6) is 0 Å². The number of rotatable bonds is 4. The number of hydrogen-bond acceptors (Lipinski definition) is 6. The fourth-order valence-electron chi connectivity index (χ4n) is 2.75. The molecule has 0 spiro atoms. The average molecular weight is 429 g/mol. The number of hydrogen-bond donors (Lipinski definition) is 0. The van der Waals surface area contributed by atoms with E-state index >= 15 is 0 Å². The summed E-state index contributed by atoms with van der Waals surface area (Å²) in [5.74, 6) is -1.43. The summed E-state index contributed by atoms with van der Waals surface area (Å²) < 4.78 is 31.5. The van der Waals surface area contributed by atoms with Crippen molar-refractivity contribution in [2.24, 2.45) is 0 Å². The maximum Gasteiger partial charge on any atom is 0.338 e. The largest absolute Gasteiger partial charge is 0.460 e. The number of amides is 1. The number of halogens is 2. The van der Waals surface area contributed by atoms with Crippen LogP contribution in [0.15, 0.2) is 41.3 Å². The molecule has 0 saturated heterocycles. The van der Waals surface area contributed by atoms with E-state index in [-0.39, 0.29) is 32.9 Å². The highest BCUT2D eigenvalue weighted by Gasteiger charge is 2.49. The summed E-state index contributed by atoms with van der Waals surface area (Å²) >= 11 is 11.5. The Hall–Kier alpha value is -2.16. The number of fused-ring (bicyclic) bond motifs is 1. The van der Waals surface area contributed by atoms with Gasteiger partial charge in [-0.15, -0.1) is 0 Å². The molecule has 1 aliphatic rings. The summed E-state index contributed by atoms with van der Waals surface area (Å²) in [5, 5.41) is 0.0305. The fourth-order valence-corrected chi connectivity index (χ4v) is 5.11. The maximum atomic E-state index is 12.8. The van der Waals surface area contributed by atoms with Crippen LogP contribution in [-0.2, 0) is 14.8 Å². The number of benzene rings is 1. The van der Waals surface area contributed by atoms with E-state index in [9.17, 15) is 18.0 Å². The van der Waals surface area contributed by atoms with E-state index in [2.05, 4.69) is 4.98 Å². The molecule has 7 nitrogen and oxygen atoms in total. The zero-order valence-corrected chi connectivity index (χ0v) is 16.6. The molecule has 1 aromatic heterocycles. The van der Waals surface area contributed by atoms with E-state index in [0.717, 1.165) is 4.31 Å². The van der Waals surface area contributed by atoms with Gasteiger partial charge in [0.25, 0.3) is 15.9 Å². The van der Waals surface area contributed by atoms with E-state index in [4.69, 9.17) is 27.9 Å². The van der Waals surface area contributed by atoms with Crippen molar-refractivity contribution >= 4 is 45.1 Å². The first-order chi connectivity index (χ1) is 12.5. The van der Waals surface area contributed by atoms with Crippen LogP contribution < -0.4 is 0 Å². The first-order valence-corrected chi connectivity index (χ1v) is 9.93. The second-order valence-corrected chi connectivity index (χ2v) is 8.99. The molecule has 0 atom stereocenters. The topological polar surface area (TPSA) is 93.6 Å². The molecule has 0 unspecified atom stereocenters. The normalized spacial score (nSPS) is 15.6. The lowest BCUT2D eigenvalue weighted by molar-refractivity contribution is 0.0289. The standard InChI is InChI=1S/C17H14Cl2N2O5S/c1-17(2,9-26-16(23)10-7-13(18)20-14(19)8-10)21-15(22)11-5-3-4-6-12(11)27(21,24)25/h3-8H,9H2,1-2H3. The number of carbonyl (C=O) groups excluding carboxylic acids is 2. The zero-order valence-electron chi connectivity index (χ0n) is 14.3. The van der Waals surface area contributed by atoms with Gasteiger partial charge in [-0.1, -0.05) is 35.3 Å². The van der Waals surface area contributed by atoms with Crippen LogP contribution in [0, 0.1) is 0 Å². The predicted octanol–water partition coefficient (Wildman–Crippen LogP) is 3.17. The Kier molecular flexibility index (Phi) is 4.92. The summed E-state index contributed by atoms with van der Waals surface area (Å²) in [4.78, 5) is 28.5. The van der Waals surface area contributed by atoms with Crippen molar-refractivity contribution in [2.75, 3.05) is 6.61 Å². The minimum absolute atomic E-state index is 0.0152. The van der Waals surface area contributed by atoms with Crippen molar-refractivity contribution in [3.8, 4) is 0 Å². The molecule has 1 aliphatic heterocycles. The molecule has 1 amide bonds. The lowest BCUT2D eigenvalue weighted by Gasteiger charge is -2.33. The molecular weight excluding hydrogens is 415 g/mol. The third kappa shape index (κ3) is 3.52. The highest BCUT2D eigenvalue weighted by atomic mass is 35.5. The van der Waals surface area contributed by atoms with Crippen LogP contribution in [0.4, 0.5) is 0 Å². The molecule has 0 N–H and O–H groups in total. The second kappa shape index (κ2) is 6.78. The smallest absolute Gasteiger partial charge is 0.338 e. The molecule has 0 aliphatic carbocycles. The molecular formula is C17H14Cl2N2O5S. The average Bonchev–Trinajstić information content (AvgIpc) is 2.79. The van der Waals surface area contributed by atoms with Gasteiger partial charge in [0.2, 0.25) is 0 Å². The van der Waals surface area contributed by atoms with Gasteiger partial charge in [0, 0.05) is 0 Å². The Balaban J connectivity index is 1.83. The second-order valence-electron chi connectivity index (χ2n) is 6.46. The van der Waals surface area contributed by atoms with E-state index in [1.807, 2.05) is 0 Å². The SMILES string of the molecule is CC(C)(COC(=O)c1cc(Cl)nc(Cl)c1)N1C(=O)c2ccccc2S1(=O)=O. The first kappa shape index (κ1) is 19.6. The van der Waals surface area contributed by atoms with Crippen molar-refractivity contribution in [3.63, 3.8) is 0 Å². The van der Waals surface area contributed by atoms with E-state index in [1.165, 1.54) is 44.2 Å². The van der Waals surface area contributed by atoms with Gasteiger partial charge in [-0.25, -0.2) is 22.5 Å². The van der Waals surface area contributed by atoms with Crippen LogP contribution in [0.1, 0.15) is 34.6 Å². The molecule has 0 radical (unpaired) electrons. The van der Waals surface area contributed by atoms with Gasteiger partial charge in [0.15, 0.2) is 0 Å². The fraction of sp³-hybridized carbons (Fsp3) is 0.235. The van der Waals surface area contributed by atoms with Crippen LogP contribution >= 0.6 is 23.2 Å². The third-order valence-corrected chi connectivity index (χ3v) is 6.36. The quantitative estimate of drug-likeness (QED) is 0.548. The number of ether oxygens (including phenoxy) is 1. The molecule has 0 fully saturated rings. The van der Waals surface area contributed by atoms with Gasteiger partial charge >= 0.3 is 5.97 Å². The van der Waals surface area contributed by atoms with Crippen LogP contribution in [0.25, 0.3) is 0 Å². The summed E-state index contributed by atoms with van der Waals surface area (Å²) in [5.41, 5.74) is -1.16.